The van der Waals surface area contributed by atoms with Gasteiger partial charge in [0, 0.05) is 45.0 Å². The first-order valence-corrected chi connectivity index (χ1v) is 8.25. The molecule has 0 aliphatic carbocycles. The SMILES string of the molecule is CC1CCN(C(N)=NCC(=O)N(C)CCc2ccccn2)CC1. The predicted octanol–water partition coefficient (Wildman–Crippen LogP) is 1.13. The summed E-state index contributed by atoms with van der Waals surface area (Å²) < 4.78 is 0. The number of aliphatic imine (C=N–C) groups is 1. The number of nitrogens with zero attached hydrogens (tertiary/aromatic N) is 4. The minimum absolute atomic E-state index is 0.0192. The number of aromatic nitrogens is 1. The van der Waals surface area contributed by atoms with E-state index in [4.69, 9.17) is 5.73 Å². The first kappa shape index (κ1) is 17.2. The molecule has 1 fully saturated rings. The van der Waals surface area contributed by atoms with Crippen LogP contribution in [-0.2, 0) is 11.2 Å². The highest BCUT2D eigenvalue weighted by Gasteiger charge is 2.17. The summed E-state index contributed by atoms with van der Waals surface area (Å²) >= 11 is 0. The summed E-state index contributed by atoms with van der Waals surface area (Å²) in [5.41, 5.74) is 6.99. The minimum atomic E-state index is -0.0192. The number of carbonyl (C=O) groups is 1. The zero-order chi connectivity index (χ0) is 16.7. The molecule has 0 bridgehead atoms. The van der Waals surface area contributed by atoms with Gasteiger partial charge in [-0.2, -0.15) is 0 Å². The van der Waals surface area contributed by atoms with Crippen LogP contribution in [0, 0.1) is 5.92 Å². The molecule has 1 aromatic rings. The number of piperidine rings is 1. The van der Waals surface area contributed by atoms with Gasteiger partial charge in [-0.15, -0.1) is 0 Å². The van der Waals surface area contributed by atoms with E-state index in [0.29, 0.717) is 12.5 Å². The molecule has 126 valence electrons. The maximum absolute atomic E-state index is 12.1. The average Bonchev–Trinajstić information content (AvgIpc) is 2.58. The van der Waals surface area contributed by atoms with Crippen LogP contribution in [0.5, 0.6) is 0 Å². The fourth-order valence-electron chi connectivity index (χ4n) is 2.56. The lowest BCUT2D eigenvalue weighted by Gasteiger charge is -2.31. The summed E-state index contributed by atoms with van der Waals surface area (Å²) in [6.45, 7) is 4.86. The van der Waals surface area contributed by atoms with Crippen LogP contribution in [0.2, 0.25) is 0 Å². The van der Waals surface area contributed by atoms with Crippen molar-refractivity contribution in [1.29, 1.82) is 0 Å². The highest BCUT2D eigenvalue weighted by atomic mass is 16.2. The van der Waals surface area contributed by atoms with Crippen molar-refractivity contribution in [2.45, 2.75) is 26.2 Å². The quantitative estimate of drug-likeness (QED) is 0.652. The highest BCUT2D eigenvalue weighted by Crippen LogP contribution is 2.15. The van der Waals surface area contributed by atoms with Crippen LogP contribution in [0.3, 0.4) is 0 Å². The summed E-state index contributed by atoms with van der Waals surface area (Å²) in [5, 5.41) is 0. The number of amides is 1. The zero-order valence-corrected chi connectivity index (χ0v) is 14.1. The third-order valence-electron chi connectivity index (χ3n) is 4.34. The van der Waals surface area contributed by atoms with Crippen molar-refractivity contribution < 1.29 is 4.79 Å². The lowest BCUT2D eigenvalue weighted by atomic mass is 10.00. The van der Waals surface area contributed by atoms with E-state index in [1.54, 1.807) is 18.1 Å². The summed E-state index contributed by atoms with van der Waals surface area (Å²) in [4.78, 5) is 24.4. The third kappa shape index (κ3) is 5.54. The molecule has 2 N–H and O–H groups in total. The Hall–Kier alpha value is -2.11. The Morgan fingerprint density at radius 1 is 1.43 bits per heavy atom. The molecule has 0 atom stereocenters. The van der Waals surface area contributed by atoms with Crippen LogP contribution in [0.25, 0.3) is 0 Å². The number of likely N-dealkylation sites (N-methyl/N-ethyl adjacent to an activating group) is 1. The molecule has 0 spiro atoms. The molecule has 1 amide bonds. The van der Waals surface area contributed by atoms with E-state index in [-0.39, 0.29) is 12.5 Å². The smallest absolute Gasteiger partial charge is 0.244 e. The molecule has 0 radical (unpaired) electrons. The van der Waals surface area contributed by atoms with Crippen molar-refractivity contribution in [3.63, 3.8) is 0 Å². The Kier molecular flexibility index (Phi) is 6.38. The fraction of sp³-hybridized carbons (Fsp3) is 0.588. The molecule has 2 heterocycles. The van der Waals surface area contributed by atoms with Gasteiger partial charge in [-0.3, -0.25) is 9.78 Å². The van der Waals surface area contributed by atoms with Gasteiger partial charge in [0.1, 0.15) is 6.54 Å². The second-order valence-electron chi connectivity index (χ2n) is 6.23. The van der Waals surface area contributed by atoms with Crippen LogP contribution in [-0.4, -0.2) is 59.9 Å². The maximum Gasteiger partial charge on any atom is 0.244 e. The zero-order valence-electron chi connectivity index (χ0n) is 14.1. The lowest BCUT2D eigenvalue weighted by molar-refractivity contribution is -0.128. The number of likely N-dealkylation sites (tertiary alicyclic amines) is 1. The van der Waals surface area contributed by atoms with Gasteiger partial charge in [0.15, 0.2) is 5.96 Å². The molecule has 6 heteroatoms. The number of hydrogen-bond acceptors (Lipinski definition) is 3. The Balaban J connectivity index is 1.75. The van der Waals surface area contributed by atoms with Crippen LogP contribution < -0.4 is 5.73 Å². The Morgan fingerprint density at radius 2 is 2.17 bits per heavy atom. The summed E-state index contributed by atoms with van der Waals surface area (Å²) in [6, 6.07) is 5.80. The van der Waals surface area contributed by atoms with E-state index in [2.05, 4.69) is 21.8 Å². The number of hydrogen-bond donors (Lipinski definition) is 1. The Bertz CT molecular complexity index is 523. The van der Waals surface area contributed by atoms with Crippen molar-refractivity contribution in [1.82, 2.24) is 14.8 Å². The molecule has 1 aliphatic rings. The first-order valence-electron chi connectivity index (χ1n) is 8.25. The van der Waals surface area contributed by atoms with Crippen molar-refractivity contribution in [2.75, 3.05) is 33.2 Å². The van der Waals surface area contributed by atoms with Gasteiger partial charge in [0.2, 0.25) is 5.91 Å². The van der Waals surface area contributed by atoms with Crippen LogP contribution in [0.15, 0.2) is 29.4 Å². The molecule has 0 unspecified atom stereocenters. The molecule has 6 nitrogen and oxygen atoms in total. The topological polar surface area (TPSA) is 74.8 Å². The molecule has 23 heavy (non-hydrogen) atoms. The van der Waals surface area contributed by atoms with Crippen LogP contribution in [0.1, 0.15) is 25.5 Å². The second kappa shape index (κ2) is 8.50. The van der Waals surface area contributed by atoms with Crippen molar-refractivity contribution in [3.05, 3.63) is 30.1 Å². The molecule has 1 aliphatic heterocycles. The van der Waals surface area contributed by atoms with E-state index in [0.717, 1.165) is 44.0 Å². The van der Waals surface area contributed by atoms with E-state index in [9.17, 15) is 4.79 Å². The van der Waals surface area contributed by atoms with Gasteiger partial charge in [-0.25, -0.2) is 4.99 Å². The van der Waals surface area contributed by atoms with Gasteiger partial charge in [-0.05, 0) is 30.9 Å². The number of rotatable bonds is 5. The third-order valence-corrected chi connectivity index (χ3v) is 4.34. The standard InChI is InChI=1S/C17H27N5O/c1-14-6-11-22(12-7-14)17(18)20-13-16(23)21(2)10-8-15-5-3-4-9-19-15/h3-5,9,14H,6-8,10-13H2,1-2H3,(H2,18,20). The Labute approximate surface area is 138 Å². The molecular weight excluding hydrogens is 290 g/mol. The summed E-state index contributed by atoms with van der Waals surface area (Å²) in [5.74, 6) is 1.22. The molecule has 0 saturated carbocycles. The molecule has 2 rings (SSSR count). The van der Waals surface area contributed by atoms with Crippen molar-refractivity contribution >= 4 is 11.9 Å². The maximum atomic E-state index is 12.1. The molecule has 1 aromatic heterocycles. The molecule has 0 aromatic carbocycles. The first-order chi connectivity index (χ1) is 11.1. The van der Waals surface area contributed by atoms with E-state index in [1.165, 1.54) is 0 Å². The number of pyridine rings is 1. The monoisotopic (exact) mass is 317 g/mol. The second-order valence-corrected chi connectivity index (χ2v) is 6.23. The van der Waals surface area contributed by atoms with E-state index >= 15 is 0 Å². The minimum Gasteiger partial charge on any atom is -0.370 e. The number of carbonyl (C=O) groups excluding carboxylic acids is 1. The largest absolute Gasteiger partial charge is 0.370 e. The average molecular weight is 317 g/mol. The lowest BCUT2D eigenvalue weighted by Crippen LogP contribution is -2.43. The van der Waals surface area contributed by atoms with Gasteiger partial charge >= 0.3 is 0 Å². The van der Waals surface area contributed by atoms with Crippen LogP contribution >= 0.6 is 0 Å². The number of guanidine groups is 1. The highest BCUT2D eigenvalue weighted by molar-refractivity contribution is 5.84. The molecular formula is C17H27N5O. The van der Waals surface area contributed by atoms with Crippen molar-refractivity contribution in [3.8, 4) is 0 Å². The Morgan fingerprint density at radius 3 is 2.83 bits per heavy atom. The molecule has 1 saturated heterocycles. The fourth-order valence-corrected chi connectivity index (χ4v) is 2.56. The summed E-state index contributed by atoms with van der Waals surface area (Å²) in [7, 11) is 1.79. The van der Waals surface area contributed by atoms with Crippen LogP contribution in [0.4, 0.5) is 0 Å². The van der Waals surface area contributed by atoms with Gasteiger partial charge in [0.25, 0.3) is 0 Å². The van der Waals surface area contributed by atoms with Gasteiger partial charge in [-0.1, -0.05) is 13.0 Å². The normalized spacial score (nSPS) is 16.4. The van der Waals surface area contributed by atoms with Gasteiger partial charge in [0.05, 0.1) is 0 Å². The van der Waals surface area contributed by atoms with Crippen molar-refractivity contribution in [2.24, 2.45) is 16.6 Å². The number of nitrogens with two attached hydrogens (primary N) is 1. The summed E-state index contributed by atoms with van der Waals surface area (Å²) in [6.07, 6.45) is 4.77. The predicted molar refractivity (Wildman–Crippen MR) is 92.0 cm³/mol. The van der Waals surface area contributed by atoms with E-state index in [1.807, 2.05) is 18.2 Å². The van der Waals surface area contributed by atoms with E-state index < -0.39 is 0 Å². The van der Waals surface area contributed by atoms with Gasteiger partial charge < -0.3 is 15.5 Å².